The maximum absolute atomic E-state index is 9.69. The number of nitrogens with zero attached hydrogens (tertiary/aromatic N) is 1. The van der Waals surface area contributed by atoms with Crippen LogP contribution in [0, 0.1) is 22.7 Å². The quantitative estimate of drug-likeness (QED) is 0.503. The Morgan fingerprint density at radius 1 is 1.04 bits per heavy atom. The van der Waals surface area contributed by atoms with Gasteiger partial charge < -0.3 is 0 Å². The van der Waals surface area contributed by atoms with E-state index in [1.165, 1.54) is 54.7 Å². The SMILES string of the molecule is CCCCC1(C#N)CCC(c2ccc(C3SCC(CC)CS3)cc2)CC1. The molecule has 1 aliphatic heterocycles. The molecule has 3 rings (SSSR count). The Hall–Kier alpha value is -0.590. The van der Waals surface area contributed by atoms with Gasteiger partial charge in [-0.3, -0.25) is 0 Å². The molecule has 1 aromatic rings. The summed E-state index contributed by atoms with van der Waals surface area (Å²) in [6, 6.07) is 12.2. The fraction of sp³-hybridized carbons (Fsp3) is 0.696. The molecule has 0 aromatic heterocycles. The minimum Gasteiger partial charge on any atom is -0.198 e. The van der Waals surface area contributed by atoms with Crippen LogP contribution in [0.2, 0.25) is 0 Å². The fourth-order valence-electron chi connectivity index (χ4n) is 4.33. The Labute approximate surface area is 168 Å². The molecule has 0 N–H and O–H groups in total. The predicted octanol–water partition coefficient (Wildman–Crippen LogP) is 7.55. The lowest BCUT2D eigenvalue weighted by Gasteiger charge is -2.35. The molecule has 0 radical (unpaired) electrons. The summed E-state index contributed by atoms with van der Waals surface area (Å²) in [6.45, 7) is 4.54. The zero-order chi connectivity index (χ0) is 18.4. The van der Waals surface area contributed by atoms with Crippen molar-refractivity contribution in [3.63, 3.8) is 0 Å². The highest BCUT2D eigenvalue weighted by Gasteiger charge is 2.35. The number of benzene rings is 1. The lowest BCUT2D eigenvalue weighted by molar-refractivity contribution is 0.224. The average Bonchev–Trinajstić information content (AvgIpc) is 2.73. The third-order valence-electron chi connectivity index (χ3n) is 6.41. The van der Waals surface area contributed by atoms with Gasteiger partial charge in [0.2, 0.25) is 0 Å². The van der Waals surface area contributed by atoms with Crippen molar-refractivity contribution in [3.8, 4) is 6.07 Å². The van der Waals surface area contributed by atoms with E-state index in [0.29, 0.717) is 10.5 Å². The summed E-state index contributed by atoms with van der Waals surface area (Å²) in [5.41, 5.74) is 2.95. The molecule has 1 nitrogen and oxygen atoms in total. The van der Waals surface area contributed by atoms with E-state index in [4.69, 9.17) is 0 Å². The standard InChI is InChI=1S/C23H33NS2/c1-3-5-12-23(17-24)13-10-20(11-14-23)19-6-8-21(9-7-19)22-25-15-18(4-2)16-26-22/h6-9,18,20,22H,3-5,10-16H2,1-2H3. The average molecular weight is 388 g/mol. The van der Waals surface area contributed by atoms with Crippen LogP contribution < -0.4 is 0 Å². The zero-order valence-corrected chi connectivity index (χ0v) is 18.0. The van der Waals surface area contributed by atoms with Gasteiger partial charge in [-0.25, -0.2) is 0 Å². The second kappa shape index (κ2) is 9.56. The van der Waals surface area contributed by atoms with Crippen molar-refractivity contribution in [3.05, 3.63) is 35.4 Å². The molecule has 1 aliphatic carbocycles. The third-order valence-corrected chi connectivity index (χ3v) is 9.71. The summed E-state index contributed by atoms with van der Waals surface area (Å²) in [7, 11) is 0. The van der Waals surface area contributed by atoms with Crippen LogP contribution >= 0.6 is 23.5 Å². The molecule has 0 unspecified atom stereocenters. The molecule has 0 bridgehead atoms. The Morgan fingerprint density at radius 3 is 2.19 bits per heavy atom. The topological polar surface area (TPSA) is 23.8 Å². The zero-order valence-electron chi connectivity index (χ0n) is 16.4. The number of hydrogen-bond donors (Lipinski definition) is 0. The van der Waals surface area contributed by atoms with Gasteiger partial charge in [0, 0.05) is 0 Å². The van der Waals surface area contributed by atoms with E-state index in [0.717, 1.165) is 25.2 Å². The highest BCUT2D eigenvalue weighted by molar-refractivity contribution is 8.16. The number of hydrogen-bond acceptors (Lipinski definition) is 3. The summed E-state index contributed by atoms with van der Waals surface area (Å²) < 4.78 is 0.624. The Morgan fingerprint density at radius 2 is 1.65 bits per heavy atom. The molecule has 1 heterocycles. The minimum absolute atomic E-state index is 0.0301. The highest BCUT2D eigenvalue weighted by Crippen LogP contribution is 2.48. The van der Waals surface area contributed by atoms with E-state index >= 15 is 0 Å². The van der Waals surface area contributed by atoms with Gasteiger partial charge in [0.05, 0.1) is 16.1 Å². The third kappa shape index (κ3) is 4.82. The molecule has 1 saturated carbocycles. The van der Waals surface area contributed by atoms with Crippen LogP contribution in [-0.4, -0.2) is 11.5 Å². The normalized spacial score (nSPS) is 32.1. The molecular weight excluding hydrogens is 354 g/mol. The van der Waals surface area contributed by atoms with Gasteiger partial charge in [-0.15, -0.1) is 23.5 Å². The molecule has 2 fully saturated rings. The first-order chi connectivity index (χ1) is 12.7. The molecule has 142 valence electrons. The van der Waals surface area contributed by atoms with Crippen molar-refractivity contribution in [1.29, 1.82) is 5.26 Å². The number of rotatable bonds is 6. The van der Waals surface area contributed by atoms with Gasteiger partial charge in [-0.05, 0) is 66.6 Å². The summed E-state index contributed by atoms with van der Waals surface area (Å²) >= 11 is 4.26. The molecule has 26 heavy (non-hydrogen) atoms. The van der Waals surface area contributed by atoms with Crippen LogP contribution in [0.1, 0.15) is 86.8 Å². The summed E-state index contributed by atoms with van der Waals surface area (Å²) in [4.78, 5) is 0. The van der Waals surface area contributed by atoms with E-state index in [-0.39, 0.29) is 5.41 Å². The number of nitriles is 1. The highest BCUT2D eigenvalue weighted by atomic mass is 32.2. The van der Waals surface area contributed by atoms with E-state index in [9.17, 15) is 5.26 Å². The van der Waals surface area contributed by atoms with E-state index in [1.54, 1.807) is 0 Å². The first-order valence-electron chi connectivity index (χ1n) is 10.4. The predicted molar refractivity (Wildman–Crippen MR) is 117 cm³/mol. The minimum atomic E-state index is -0.0301. The second-order valence-corrected chi connectivity index (χ2v) is 10.8. The monoisotopic (exact) mass is 387 g/mol. The molecule has 1 saturated heterocycles. The molecular formula is C23H33NS2. The smallest absolute Gasteiger partial charge is 0.0751 e. The van der Waals surface area contributed by atoms with Crippen molar-refractivity contribution in [2.45, 2.75) is 75.7 Å². The van der Waals surface area contributed by atoms with Crippen LogP contribution in [0.3, 0.4) is 0 Å². The maximum atomic E-state index is 9.69. The summed E-state index contributed by atoms with van der Waals surface area (Å²) in [6.07, 6.45) is 9.35. The molecule has 2 aliphatic rings. The van der Waals surface area contributed by atoms with Gasteiger partial charge >= 0.3 is 0 Å². The van der Waals surface area contributed by atoms with Crippen molar-refractivity contribution in [2.24, 2.45) is 11.3 Å². The molecule has 1 aromatic carbocycles. The van der Waals surface area contributed by atoms with E-state index < -0.39 is 0 Å². The van der Waals surface area contributed by atoms with Gasteiger partial charge in [-0.1, -0.05) is 57.4 Å². The first kappa shape index (κ1) is 20.2. The van der Waals surface area contributed by atoms with Gasteiger partial charge in [0.15, 0.2) is 0 Å². The Balaban J connectivity index is 1.56. The Bertz CT molecular complexity index is 588. The lowest BCUT2D eigenvalue weighted by Crippen LogP contribution is -2.25. The van der Waals surface area contributed by atoms with Crippen molar-refractivity contribution >= 4 is 23.5 Å². The van der Waals surface area contributed by atoms with Gasteiger partial charge in [-0.2, -0.15) is 5.26 Å². The van der Waals surface area contributed by atoms with E-state index in [2.05, 4.69) is 67.7 Å². The molecule has 0 amide bonds. The number of thioether (sulfide) groups is 2. The van der Waals surface area contributed by atoms with Crippen LogP contribution in [-0.2, 0) is 0 Å². The van der Waals surface area contributed by atoms with Crippen LogP contribution in [0.25, 0.3) is 0 Å². The second-order valence-electron chi connectivity index (χ2n) is 8.21. The van der Waals surface area contributed by atoms with Gasteiger partial charge in [0.1, 0.15) is 0 Å². The van der Waals surface area contributed by atoms with Gasteiger partial charge in [0.25, 0.3) is 0 Å². The van der Waals surface area contributed by atoms with Crippen LogP contribution in [0.4, 0.5) is 0 Å². The lowest BCUT2D eigenvalue weighted by atomic mass is 9.67. The molecule has 3 heteroatoms. The summed E-state index contributed by atoms with van der Waals surface area (Å²) in [5, 5.41) is 9.69. The van der Waals surface area contributed by atoms with Crippen molar-refractivity contribution in [1.82, 2.24) is 0 Å². The first-order valence-corrected chi connectivity index (χ1v) is 12.5. The van der Waals surface area contributed by atoms with E-state index in [1.807, 2.05) is 0 Å². The molecule has 0 spiro atoms. The fourth-order valence-corrected chi connectivity index (χ4v) is 7.64. The maximum Gasteiger partial charge on any atom is 0.0751 e. The number of unbranched alkanes of at least 4 members (excludes halogenated alkanes) is 1. The summed E-state index contributed by atoms with van der Waals surface area (Å²) in [5.74, 6) is 4.18. The van der Waals surface area contributed by atoms with Crippen LogP contribution in [0.15, 0.2) is 24.3 Å². The molecule has 0 atom stereocenters. The van der Waals surface area contributed by atoms with Crippen LogP contribution in [0.5, 0.6) is 0 Å². The van der Waals surface area contributed by atoms with Crippen molar-refractivity contribution < 1.29 is 0 Å². The van der Waals surface area contributed by atoms with Crippen molar-refractivity contribution in [2.75, 3.05) is 11.5 Å². The largest absolute Gasteiger partial charge is 0.198 e. The Kier molecular flexibility index (Phi) is 7.41.